The molecule has 0 radical (unpaired) electrons. The molecule has 1 saturated heterocycles. The van der Waals surface area contributed by atoms with Gasteiger partial charge in [0.05, 0.1) is 5.92 Å². The van der Waals surface area contributed by atoms with E-state index in [9.17, 15) is 34.2 Å². The number of fused-ring (bicyclic) bond motifs is 3. The van der Waals surface area contributed by atoms with Crippen molar-refractivity contribution >= 4 is 29.8 Å². The number of hydrogen-bond acceptors (Lipinski definition) is 12. The molecule has 0 spiro atoms. The van der Waals surface area contributed by atoms with Crippen LogP contribution in [0.2, 0.25) is 0 Å². The Morgan fingerprint density at radius 2 is 1.57 bits per heavy atom. The Morgan fingerprint density at radius 3 is 2.15 bits per heavy atom. The third-order valence-electron chi connectivity index (χ3n) is 9.51. The van der Waals surface area contributed by atoms with Crippen molar-refractivity contribution in [2.75, 3.05) is 0 Å². The molecule has 12 heteroatoms. The summed E-state index contributed by atoms with van der Waals surface area (Å²) in [7, 11) is 0. The first-order chi connectivity index (χ1) is 21.5. The maximum absolute atomic E-state index is 13.3. The van der Waals surface area contributed by atoms with Crippen molar-refractivity contribution in [3.63, 3.8) is 0 Å². The van der Waals surface area contributed by atoms with Gasteiger partial charge < -0.3 is 33.9 Å². The van der Waals surface area contributed by atoms with E-state index in [4.69, 9.17) is 23.7 Å². The van der Waals surface area contributed by atoms with Gasteiger partial charge in [-0.15, -0.1) is 0 Å². The third kappa shape index (κ3) is 7.02. The smallest absolute Gasteiger partial charge is 0.341 e. The first-order valence-electron chi connectivity index (χ1n) is 16.3. The van der Waals surface area contributed by atoms with E-state index in [1.807, 2.05) is 0 Å². The Balaban J connectivity index is 2.23. The number of ether oxygens (including phenoxy) is 5. The van der Waals surface area contributed by atoms with E-state index in [1.165, 1.54) is 13.8 Å². The zero-order valence-electron chi connectivity index (χ0n) is 28.3. The lowest BCUT2D eigenvalue weighted by molar-refractivity contribution is -0.212. The first-order valence-corrected chi connectivity index (χ1v) is 16.3. The molecule has 0 amide bonds. The molecule has 2 aliphatic carbocycles. The van der Waals surface area contributed by atoms with Crippen LogP contribution in [0.1, 0.15) is 113 Å². The summed E-state index contributed by atoms with van der Waals surface area (Å²) < 4.78 is 29.3. The van der Waals surface area contributed by atoms with Crippen LogP contribution in [0.4, 0.5) is 0 Å². The van der Waals surface area contributed by atoms with E-state index in [0.717, 1.165) is 32.6 Å². The molecule has 0 aromatic rings. The number of unbranched alkanes of at least 4 members (excludes halogenated alkanes) is 4. The fourth-order valence-corrected chi connectivity index (χ4v) is 6.90. The molecule has 258 valence electrons. The summed E-state index contributed by atoms with van der Waals surface area (Å²) in [5.74, 6) is -5.03. The Kier molecular flexibility index (Phi) is 11.9. The van der Waals surface area contributed by atoms with Gasteiger partial charge in [-0.05, 0) is 58.6 Å². The highest BCUT2D eigenvalue weighted by Crippen LogP contribution is 2.57. The minimum Gasteiger partial charge on any atom is -0.459 e. The van der Waals surface area contributed by atoms with Gasteiger partial charge in [0.2, 0.25) is 0 Å². The molecule has 3 aliphatic rings. The second kappa shape index (κ2) is 14.7. The fourth-order valence-electron chi connectivity index (χ4n) is 6.90. The average Bonchev–Trinajstić information content (AvgIpc) is 3.30. The highest BCUT2D eigenvalue weighted by atomic mass is 16.6. The van der Waals surface area contributed by atoms with Crippen LogP contribution in [-0.2, 0) is 47.7 Å². The van der Waals surface area contributed by atoms with E-state index in [0.29, 0.717) is 12.8 Å². The molecule has 12 nitrogen and oxygen atoms in total. The standard InChI is InChI=1S/C34H50O12/c1-9-12-13-14-15-17-24(37)43-28-26-25(20(5)27(28)44-30(38)19(4)11-3)29-34(41,33(8,40)31(39)45-29)22(42-23(36)16-10-2)18-32(26,7)46-21(6)35/h11,22,26-29,40-41H,9-10,12-18H2,1-8H3/b19-11+/t22-,26+,27+,28-,29-,32-,33+,34+/m1/s1. The third-order valence-corrected chi connectivity index (χ3v) is 9.51. The van der Waals surface area contributed by atoms with Crippen molar-refractivity contribution in [3.05, 3.63) is 22.8 Å². The van der Waals surface area contributed by atoms with Gasteiger partial charge in [0, 0.05) is 31.8 Å². The Labute approximate surface area is 270 Å². The van der Waals surface area contributed by atoms with Crippen molar-refractivity contribution in [2.24, 2.45) is 5.92 Å². The first kappa shape index (κ1) is 37.2. The van der Waals surface area contributed by atoms with E-state index >= 15 is 0 Å². The maximum atomic E-state index is 13.3. The summed E-state index contributed by atoms with van der Waals surface area (Å²) in [6.45, 7) is 12.4. The van der Waals surface area contributed by atoms with Crippen LogP contribution < -0.4 is 0 Å². The monoisotopic (exact) mass is 650 g/mol. The van der Waals surface area contributed by atoms with Crippen LogP contribution in [0.15, 0.2) is 22.8 Å². The van der Waals surface area contributed by atoms with Crippen molar-refractivity contribution in [1.82, 2.24) is 0 Å². The Hall–Kier alpha value is -3.25. The molecule has 2 N–H and O–H groups in total. The van der Waals surface area contributed by atoms with Gasteiger partial charge in [-0.25, -0.2) is 9.59 Å². The number of esters is 5. The van der Waals surface area contributed by atoms with Gasteiger partial charge in [-0.1, -0.05) is 45.6 Å². The number of hydrogen-bond donors (Lipinski definition) is 2. The highest BCUT2D eigenvalue weighted by Gasteiger charge is 2.76. The molecule has 0 aromatic heterocycles. The van der Waals surface area contributed by atoms with Gasteiger partial charge in [0.15, 0.2) is 29.5 Å². The Bertz CT molecular complexity index is 1260. The molecule has 0 unspecified atom stereocenters. The van der Waals surface area contributed by atoms with E-state index in [2.05, 4.69) is 6.92 Å². The molecule has 1 aliphatic heterocycles. The molecule has 8 atom stereocenters. The lowest BCUT2D eigenvalue weighted by Crippen LogP contribution is -2.64. The number of rotatable bonds is 13. The molecule has 1 saturated carbocycles. The number of carbonyl (C=O) groups excluding carboxylic acids is 5. The average molecular weight is 651 g/mol. The van der Waals surface area contributed by atoms with Crippen molar-refractivity contribution in [3.8, 4) is 0 Å². The summed E-state index contributed by atoms with van der Waals surface area (Å²) in [5, 5.41) is 23.9. The van der Waals surface area contributed by atoms with Crippen molar-refractivity contribution in [2.45, 2.75) is 154 Å². The molecule has 0 bridgehead atoms. The number of aliphatic hydroxyl groups is 2. The summed E-state index contributed by atoms with van der Waals surface area (Å²) in [4.78, 5) is 65.1. The quantitative estimate of drug-likeness (QED) is 0.0969. The number of allylic oxidation sites excluding steroid dienone is 1. The largest absolute Gasteiger partial charge is 0.459 e. The molecule has 3 rings (SSSR count). The normalized spacial score (nSPS) is 33.8. The van der Waals surface area contributed by atoms with Gasteiger partial charge in [-0.2, -0.15) is 0 Å². The molecular formula is C34H50O12. The fraction of sp³-hybridized carbons (Fsp3) is 0.735. The second-order valence-electron chi connectivity index (χ2n) is 13.1. The topological polar surface area (TPSA) is 172 Å². The molecule has 0 aromatic carbocycles. The van der Waals surface area contributed by atoms with Crippen LogP contribution in [0.3, 0.4) is 0 Å². The zero-order chi connectivity index (χ0) is 34.6. The lowest BCUT2D eigenvalue weighted by Gasteiger charge is -2.41. The predicted octanol–water partition coefficient (Wildman–Crippen LogP) is 3.93. The summed E-state index contributed by atoms with van der Waals surface area (Å²) >= 11 is 0. The van der Waals surface area contributed by atoms with Gasteiger partial charge in [0.25, 0.3) is 0 Å². The lowest BCUT2D eigenvalue weighted by atomic mass is 9.75. The molecular weight excluding hydrogens is 600 g/mol. The van der Waals surface area contributed by atoms with E-state index in [1.54, 1.807) is 33.8 Å². The molecule has 2 fully saturated rings. The molecule has 46 heavy (non-hydrogen) atoms. The predicted molar refractivity (Wildman–Crippen MR) is 164 cm³/mol. The van der Waals surface area contributed by atoms with Gasteiger partial charge in [0.1, 0.15) is 11.7 Å². The maximum Gasteiger partial charge on any atom is 0.341 e. The van der Waals surface area contributed by atoms with E-state index < -0.39 is 83.4 Å². The highest BCUT2D eigenvalue weighted by molar-refractivity contribution is 5.88. The van der Waals surface area contributed by atoms with Crippen LogP contribution in [0.25, 0.3) is 0 Å². The van der Waals surface area contributed by atoms with Gasteiger partial charge in [-0.3, -0.25) is 14.4 Å². The van der Waals surface area contributed by atoms with Crippen molar-refractivity contribution in [1.29, 1.82) is 0 Å². The van der Waals surface area contributed by atoms with Crippen LogP contribution >= 0.6 is 0 Å². The second-order valence-corrected chi connectivity index (χ2v) is 13.1. The van der Waals surface area contributed by atoms with Crippen LogP contribution in [-0.4, -0.2) is 81.3 Å². The minimum absolute atomic E-state index is 0.0234. The van der Waals surface area contributed by atoms with Crippen LogP contribution in [0, 0.1) is 5.92 Å². The Morgan fingerprint density at radius 1 is 0.935 bits per heavy atom. The SMILES string of the molecule is C/C=C(\C)C(=O)O[C@H]1C(C)=C2[C@H]3OC(=O)[C@](C)(O)[C@]3(O)[C@H](OC(=O)CCC)C[C@@](C)(OC(C)=O)[C@@H]2[C@H]1OC(=O)CCCCCCC. The summed E-state index contributed by atoms with van der Waals surface area (Å²) in [6.07, 6.45) is 0.272. The van der Waals surface area contributed by atoms with E-state index in [-0.39, 0.29) is 29.6 Å². The minimum atomic E-state index is -2.57. The van der Waals surface area contributed by atoms with Gasteiger partial charge >= 0.3 is 29.8 Å². The van der Waals surface area contributed by atoms with Crippen molar-refractivity contribution < 1.29 is 57.9 Å². The van der Waals surface area contributed by atoms with Crippen LogP contribution in [0.5, 0.6) is 0 Å². The summed E-state index contributed by atoms with van der Waals surface area (Å²) in [5.41, 5.74) is -6.12. The summed E-state index contributed by atoms with van der Waals surface area (Å²) in [6, 6.07) is 0. The number of carbonyl (C=O) groups is 5. The zero-order valence-corrected chi connectivity index (χ0v) is 28.3. The molecule has 1 heterocycles.